The van der Waals surface area contributed by atoms with Crippen LogP contribution < -0.4 is 0 Å². The zero-order valence-corrected chi connectivity index (χ0v) is 9.75. The van der Waals surface area contributed by atoms with Gasteiger partial charge in [-0.15, -0.1) is 6.42 Å². The Kier molecular flexibility index (Phi) is 16.4. The van der Waals surface area contributed by atoms with E-state index in [1.807, 2.05) is 19.1 Å². The Labute approximate surface area is 94.9 Å². The molecular weight excluding hydrogens is 245 g/mol. The van der Waals surface area contributed by atoms with E-state index in [1.54, 1.807) is 6.08 Å². The molecule has 0 spiro atoms. The van der Waals surface area contributed by atoms with E-state index in [4.69, 9.17) is 6.58 Å². The third-order valence-electron chi connectivity index (χ3n) is 1.35. The molecule has 0 nitrogen and oxygen atoms in total. The van der Waals surface area contributed by atoms with Crippen LogP contribution in [0.2, 0.25) is 0 Å². The van der Waals surface area contributed by atoms with Gasteiger partial charge in [0.1, 0.15) is 0 Å². The molecule has 1 heteroatoms. The zero-order valence-electron chi connectivity index (χ0n) is 8.02. The van der Waals surface area contributed by atoms with Crippen molar-refractivity contribution >= 4 is 0 Å². The molecule has 0 heterocycles. The number of rotatable bonds is 1. The number of allylic oxidation sites excluding steroid dienone is 7. The van der Waals surface area contributed by atoms with Crippen LogP contribution in [0.3, 0.4) is 0 Å². The van der Waals surface area contributed by atoms with Crippen molar-refractivity contribution in [3.05, 3.63) is 49.1 Å². The summed E-state index contributed by atoms with van der Waals surface area (Å²) in [5, 5.41) is 0. The summed E-state index contributed by atoms with van der Waals surface area (Å²) in [6.45, 7) is 6.85. The van der Waals surface area contributed by atoms with Crippen LogP contribution in [-0.2, 0) is 19.5 Å². The molecule has 0 unspecified atom stereocenters. The molecule has 13 heavy (non-hydrogen) atoms. The van der Waals surface area contributed by atoms with Crippen LogP contribution in [0.15, 0.2) is 36.5 Å². The summed E-state index contributed by atoms with van der Waals surface area (Å²) in [6.07, 6.45) is 18.2. The molecule has 72 valence electrons. The van der Waals surface area contributed by atoms with E-state index in [0.717, 1.165) is 6.42 Å². The first-order chi connectivity index (χ1) is 5.91. The Morgan fingerprint density at radius 3 is 2.77 bits per heavy atom. The van der Waals surface area contributed by atoms with Crippen LogP contribution in [0.5, 0.6) is 0 Å². The van der Waals surface area contributed by atoms with Crippen molar-refractivity contribution in [3.63, 3.8) is 0 Å². The quantitative estimate of drug-likeness (QED) is 0.384. The first-order valence-electron chi connectivity index (χ1n) is 4.29. The molecule has 0 aliphatic heterocycles. The summed E-state index contributed by atoms with van der Waals surface area (Å²) >= 11 is 0. The van der Waals surface area contributed by atoms with Gasteiger partial charge in [-0.2, -0.15) is 12.2 Å². The van der Waals surface area contributed by atoms with Gasteiger partial charge >= 0.3 is 19.5 Å². The molecule has 0 amide bonds. The van der Waals surface area contributed by atoms with Gasteiger partial charge in [0.15, 0.2) is 0 Å². The molecule has 0 aromatic carbocycles. The molecule has 0 N–H and O–H groups in total. The Balaban J connectivity index is 0. The van der Waals surface area contributed by atoms with E-state index >= 15 is 0 Å². The average molecular weight is 261 g/mol. The Morgan fingerprint density at radius 2 is 2.23 bits per heavy atom. The third-order valence-corrected chi connectivity index (χ3v) is 1.35. The summed E-state index contributed by atoms with van der Waals surface area (Å²) in [5.74, 6) is 0. The van der Waals surface area contributed by atoms with E-state index < -0.39 is 0 Å². The van der Waals surface area contributed by atoms with Crippen LogP contribution in [0, 0.1) is 12.7 Å². The molecule has 0 bridgehead atoms. The van der Waals surface area contributed by atoms with Crippen molar-refractivity contribution in [1.82, 2.24) is 0 Å². The molecule has 1 rings (SSSR count). The number of hydrogen-bond donors (Lipinski definition) is 0. The van der Waals surface area contributed by atoms with Crippen LogP contribution in [-0.4, -0.2) is 0 Å². The van der Waals surface area contributed by atoms with E-state index in [0.29, 0.717) is 0 Å². The predicted molar refractivity (Wildman–Crippen MR) is 54.5 cm³/mol. The molecule has 0 saturated heterocycles. The van der Waals surface area contributed by atoms with E-state index in [1.165, 1.54) is 18.9 Å². The topological polar surface area (TPSA) is 0 Å². The minimum Gasteiger partial charge on any atom is -0.293 e. The van der Waals surface area contributed by atoms with Crippen molar-refractivity contribution in [2.75, 3.05) is 0 Å². The van der Waals surface area contributed by atoms with Gasteiger partial charge in [-0.25, -0.2) is 24.3 Å². The van der Waals surface area contributed by atoms with Crippen molar-refractivity contribution in [3.8, 4) is 0 Å². The SMILES string of the molecule is [C-]1=CC=CCCC1.[CH-]=C/C=C/C.[Ru+2]. The molecule has 0 aromatic rings. The summed E-state index contributed by atoms with van der Waals surface area (Å²) in [6, 6.07) is 0. The van der Waals surface area contributed by atoms with Crippen molar-refractivity contribution in [1.29, 1.82) is 0 Å². The second-order valence-corrected chi connectivity index (χ2v) is 2.41. The second kappa shape index (κ2) is 14.1. The Morgan fingerprint density at radius 1 is 1.46 bits per heavy atom. The first kappa shape index (κ1) is 15.1. The van der Waals surface area contributed by atoms with Gasteiger partial charge in [0.2, 0.25) is 0 Å². The van der Waals surface area contributed by atoms with Crippen molar-refractivity contribution in [2.45, 2.75) is 26.2 Å². The minimum absolute atomic E-state index is 0. The van der Waals surface area contributed by atoms with Crippen LogP contribution in [0.4, 0.5) is 0 Å². The molecule has 1 aliphatic carbocycles. The summed E-state index contributed by atoms with van der Waals surface area (Å²) in [7, 11) is 0. The average Bonchev–Trinajstić information content (AvgIpc) is 2.37. The van der Waals surface area contributed by atoms with Crippen molar-refractivity contribution in [2.24, 2.45) is 0 Å². The van der Waals surface area contributed by atoms with Gasteiger partial charge in [0.25, 0.3) is 0 Å². The van der Waals surface area contributed by atoms with E-state index in [2.05, 4.69) is 18.2 Å². The fourth-order valence-corrected chi connectivity index (χ4v) is 0.749. The fourth-order valence-electron chi connectivity index (χ4n) is 0.749. The largest absolute Gasteiger partial charge is 2.00 e. The number of hydrogen-bond acceptors (Lipinski definition) is 0. The normalized spacial score (nSPS) is 13.9. The van der Waals surface area contributed by atoms with Gasteiger partial charge in [-0.1, -0.05) is 19.8 Å². The summed E-state index contributed by atoms with van der Waals surface area (Å²) in [5.41, 5.74) is 0. The summed E-state index contributed by atoms with van der Waals surface area (Å²) < 4.78 is 0. The predicted octanol–water partition coefficient (Wildman–Crippen LogP) is 3.64. The smallest absolute Gasteiger partial charge is 0.293 e. The molecule has 0 radical (unpaired) electrons. The first-order valence-corrected chi connectivity index (χ1v) is 4.29. The maximum Gasteiger partial charge on any atom is 2.00 e. The standard InChI is InChI=1S/C7H9.C5H7.Ru/c1-2-4-6-7-5-3-1;1-3-5-4-2;/h1-3H,4,6-7H2;1,3-5H,2H3;/q2*-1;+2/b;5-4+;. The maximum atomic E-state index is 4.93. The van der Waals surface area contributed by atoms with E-state index in [9.17, 15) is 0 Å². The second-order valence-electron chi connectivity index (χ2n) is 2.41. The maximum absolute atomic E-state index is 4.93. The van der Waals surface area contributed by atoms with Crippen LogP contribution in [0.1, 0.15) is 26.2 Å². The Bertz CT molecular complexity index is 164. The summed E-state index contributed by atoms with van der Waals surface area (Å²) in [4.78, 5) is 0. The van der Waals surface area contributed by atoms with E-state index in [-0.39, 0.29) is 19.5 Å². The van der Waals surface area contributed by atoms with Gasteiger partial charge in [-0.05, 0) is 0 Å². The van der Waals surface area contributed by atoms with Gasteiger partial charge in [-0.3, -0.25) is 12.7 Å². The molecule has 0 aromatic heterocycles. The molecule has 0 saturated carbocycles. The molecule has 0 atom stereocenters. The Hall–Kier alpha value is -0.417. The molecule has 0 fully saturated rings. The monoisotopic (exact) mass is 262 g/mol. The third kappa shape index (κ3) is 14.4. The fraction of sp³-hybridized carbons (Fsp3) is 0.333. The zero-order chi connectivity index (χ0) is 9.07. The van der Waals surface area contributed by atoms with Gasteiger partial charge < -0.3 is 0 Å². The molecule has 1 aliphatic rings. The van der Waals surface area contributed by atoms with Gasteiger partial charge in [0, 0.05) is 0 Å². The van der Waals surface area contributed by atoms with Crippen LogP contribution in [0.25, 0.3) is 0 Å². The molecular formula is C12H16Ru. The minimum atomic E-state index is 0. The van der Waals surface area contributed by atoms with Crippen LogP contribution >= 0.6 is 0 Å². The van der Waals surface area contributed by atoms with Gasteiger partial charge in [0.05, 0.1) is 0 Å². The van der Waals surface area contributed by atoms with Crippen molar-refractivity contribution < 1.29 is 19.5 Å².